The molecule has 1 aliphatic heterocycles. The molecule has 2 heterocycles. The van der Waals surface area contributed by atoms with Gasteiger partial charge in [0.05, 0.1) is 33.9 Å². The van der Waals surface area contributed by atoms with Gasteiger partial charge in [-0.3, -0.25) is 4.79 Å². The first kappa shape index (κ1) is 26.0. The second-order valence-corrected chi connectivity index (χ2v) is 11.7. The highest BCUT2D eigenvalue weighted by Crippen LogP contribution is 2.31. The first-order valence-electron chi connectivity index (χ1n) is 11.9. The van der Waals surface area contributed by atoms with Crippen LogP contribution in [0.2, 0.25) is 0 Å². The molecule has 4 aromatic rings. The summed E-state index contributed by atoms with van der Waals surface area (Å²) in [5, 5.41) is 3.59. The van der Waals surface area contributed by atoms with Gasteiger partial charge >= 0.3 is 5.97 Å². The second kappa shape index (κ2) is 11.0. The topological polar surface area (TPSA) is 115 Å². The van der Waals surface area contributed by atoms with Crippen molar-refractivity contribution in [2.75, 3.05) is 38.2 Å². The molecule has 0 bridgehead atoms. The lowest BCUT2D eigenvalue weighted by atomic mass is 10.2. The van der Waals surface area contributed by atoms with E-state index in [1.54, 1.807) is 23.5 Å². The van der Waals surface area contributed by atoms with Crippen LogP contribution in [0.5, 0.6) is 0 Å². The maximum absolute atomic E-state index is 12.7. The van der Waals surface area contributed by atoms with Gasteiger partial charge in [-0.1, -0.05) is 6.07 Å². The van der Waals surface area contributed by atoms with Crippen LogP contribution >= 0.6 is 11.3 Å². The molecule has 0 unspecified atom stereocenters. The van der Waals surface area contributed by atoms with Crippen LogP contribution in [-0.2, 0) is 24.3 Å². The number of nitrogens with one attached hydrogen (secondary N) is 1. The highest BCUT2D eigenvalue weighted by molar-refractivity contribution is 7.89. The van der Waals surface area contributed by atoms with Gasteiger partial charge in [0.1, 0.15) is 5.01 Å². The smallest absolute Gasteiger partial charge is 0.338 e. The van der Waals surface area contributed by atoms with Crippen LogP contribution in [0.25, 0.3) is 20.8 Å². The number of carbonyl (C=O) groups excluding carboxylic acids is 2. The Morgan fingerprint density at radius 2 is 1.74 bits per heavy atom. The number of amides is 1. The maximum Gasteiger partial charge on any atom is 0.338 e. The van der Waals surface area contributed by atoms with E-state index in [2.05, 4.69) is 16.4 Å². The third-order valence-corrected chi connectivity index (χ3v) is 8.97. The second-order valence-electron chi connectivity index (χ2n) is 8.73. The average Bonchev–Trinajstić information content (AvgIpc) is 3.36. The van der Waals surface area contributed by atoms with Gasteiger partial charge in [0.15, 0.2) is 6.61 Å². The molecule has 1 saturated heterocycles. The molecule has 0 radical (unpaired) electrons. The van der Waals surface area contributed by atoms with Gasteiger partial charge in [-0.15, -0.1) is 11.3 Å². The molecule has 5 rings (SSSR count). The van der Waals surface area contributed by atoms with E-state index in [0.29, 0.717) is 18.9 Å². The fourth-order valence-electron chi connectivity index (χ4n) is 3.96. The van der Waals surface area contributed by atoms with Crippen LogP contribution in [0.4, 0.5) is 5.69 Å². The summed E-state index contributed by atoms with van der Waals surface area (Å²) in [6.45, 7) is 2.82. The van der Waals surface area contributed by atoms with Crippen molar-refractivity contribution in [1.82, 2.24) is 9.29 Å². The Bertz CT molecular complexity index is 1580. The fourth-order valence-corrected chi connectivity index (χ4v) is 6.44. The number of sulfonamides is 1. The lowest BCUT2D eigenvalue weighted by Crippen LogP contribution is -2.40. The van der Waals surface area contributed by atoms with E-state index in [0.717, 1.165) is 20.8 Å². The highest BCUT2D eigenvalue weighted by atomic mass is 32.2. The van der Waals surface area contributed by atoms with Crippen LogP contribution in [0.1, 0.15) is 15.9 Å². The molecule has 1 N–H and O–H groups in total. The molecule has 196 valence electrons. The largest absolute Gasteiger partial charge is 0.452 e. The number of aromatic nitrogens is 1. The Kier molecular flexibility index (Phi) is 7.52. The van der Waals surface area contributed by atoms with E-state index in [1.165, 1.54) is 34.1 Å². The Labute approximate surface area is 224 Å². The molecular weight excluding hydrogens is 526 g/mol. The maximum atomic E-state index is 12.7. The summed E-state index contributed by atoms with van der Waals surface area (Å²) >= 11 is 1.61. The van der Waals surface area contributed by atoms with Gasteiger partial charge < -0.3 is 14.8 Å². The van der Waals surface area contributed by atoms with Gasteiger partial charge in [-0.2, -0.15) is 4.31 Å². The predicted molar refractivity (Wildman–Crippen MR) is 145 cm³/mol. The first-order valence-corrected chi connectivity index (χ1v) is 14.2. The van der Waals surface area contributed by atoms with Crippen molar-refractivity contribution in [3.05, 3.63) is 77.9 Å². The van der Waals surface area contributed by atoms with E-state index < -0.39 is 28.5 Å². The summed E-state index contributed by atoms with van der Waals surface area (Å²) in [6.07, 6.45) is 0. The van der Waals surface area contributed by atoms with Gasteiger partial charge in [0, 0.05) is 24.3 Å². The summed E-state index contributed by atoms with van der Waals surface area (Å²) in [4.78, 5) is 29.4. The van der Waals surface area contributed by atoms with Crippen LogP contribution in [0.3, 0.4) is 0 Å². The van der Waals surface area contributed by atoms with Crippen molar-refractivity contribution in [2.24, 2.45) is 0 Å². The van der Waals surface area contributed by atoms with E-state index in [9.17, 15) is 18.0 Å². The van der Waals surface area contributed by atoms with Crippen molar-refractivity contribution in [2.45, 2.75) is 11.8 Å². The Morgan fingerprint density at radius 3 is 2.45 bits per heavy atom. The molecule has 1 amide bonds. The van der Waals surface area contributed by atoms with Gasteiger partial charge in [-0.25, -0.2) is 18.2 Å². The number of aryl methyl sites for hydroxylation is 1. The zero-order valence-corrected chi connectivity index (χ0v) is 22.2. The molecule has 1 aromatic heterocycles. The number of nitrogens with zero attached hydrogens (tertiary/aromatic N) is 2. The minimum atomic E-state index is -3.66. The summed E-state index contributed by atoms with van der Waals surface area (Å²) in [5.41, 5.74) is 3.77. The normalized spacial score (nSPS) is 14.3. The number of benzene rings is 3. The van der Waals surface area contributed by atoms with Crippen molar-refractivity contribution in [3.8, 4) is 10.6 Å². The Hall–Kier alpha value is -3.64. The van der Waals surface area contributed by atoms with Gasteiger partial charge in [0.25, 0.3) is 5.91 Å². The molecule has 0 aliphatic carbocycles. The zero-order valence-electron chi connectivity index (χ0n) is 20.5. The molecule has 1 fully saturated rings. The summed E-state index contributed by atoms with van der Waals surface area (Å²) < 4.78 is 38.2. The molecule has 0 atom stereocenters. The number of ether oxygens (including phenoxy) is 2. The van der Waals surface area contributed by atoms with Crippen LogP contribution in [-0.4, -0.2) is 62.5 Å². The van der Waals surface area contributed by atoms with Crippen molar-refractivity contribution < 1.29 is 27.5 Å². The summed E-state index contributed by atoms with van der Waals surface area (Å²) in [6, 6.07) is 18.9. The SMILES string of the molecule is Cc1ccc2nc(-c3ccc(NC(=O)COC(=O)c4ccc(S(=O)(=O)N5CCOCC5)cc4)cc3)sc2c1. The zero-order chi connectivity index (χ0) is 26.7. The molecule has 3 aromatic carbocycles. The standard InChI is InChI=1S/C27H25N3O6S2/c1-18-2-11-23-24(16-18)37-26(29-23)19-3-7-21(8-4-19)28-25(31)17-36-27(32)20-5-9-22(10-6-20)38(33,34)30-12-14-35-15-13-30/h2-11,16H,12-15,17H2,1H3,(H,28,31). The number of fused-ring (bicyclic) bond motifs is 1. The first-order chi connectivity index (χ1) is 18.3. The number of hydrogen-bond donors (Lipinski definition) is 1. The average molecular weight is 552 g/mol. The molecule has 38 heavy (non-hydrogen) atoms. The lowest BCUT2D eigenvalue weighted by molar-refractivity contribution is -0.119. The summed E-state index contributed by atoms with van der Waals surface area (Å²) in [5.74, 6) is -1.22. The minimum absolute atomic E-state index is 0.0816. The number of thiazole rings is 1. The Morgan fingerprint density at radius 1 is 1.03 bits per heavy atom. The number of morpholine rings is 1. The van der Waals surface area contributed by atoms with E-state index in [1.807, 2.05) is 31.2 Å². The van der Waals surface area contributed by atoms with E-state index >= 15 is 0 Å². The third-order valence-electron chi connectivity index (χ3n) is 5.99. The third kappa shape index (κ3) is 5.76. The monoisotopic (exact) mass is 551 g/mol. The molecule has 0 spiro atoms. The number of esters is 1. The van der Waals surface area contributed by atoms with Crippen molar-refractivity contribution in [3.63, 3.8) is 0 Å². The molecule has 11 heteroatoms. The number of hydrogen-bond acceptors (Lipinski definition) is 8. The molecule has 0 saturated carbocycles. The molecule has 9 nitrogen and oxygen atoms in total. The van der Waals surface area contributed by atoms with Gasteiger partial charge in [0.2, 0.25) is 10.0 Å². The number of carbonyl (C=O) groups is 2. The van der Waals surface area contributed by atoms with Crippen LogP contribution in [0.15, 0.2) is 71.6 Å². The van der Waals surface area contributed by atoms with E-state index in [-0.39, 0.29) is 23.5 Å². The van der Waals surface area contributed by atoms with Crippen LogP contribution < -0.4 is 5.32 Å². The summed E-state index contributed by atoms with van der Waals surface area (Å²) in [7, 11) is -3.66. The van der Waals surface area contributed by atoms with Crippen molar-refractivity contribution >= 4 is 49.1 Å². The minimum Gasteiger partial charge on any atom is -0.452 e. The molecular formula is C27H25N3O6S2. The molecule has 1 aliphatic rings. The Balaban J connectivity index is 1.15. The van der Waals surface area contributed by atoms with Crippen LogP contribution in [0, 0.1) is 6.92 Å². The van der Waals surface area contributed by atoms with E-state index in [4.69, 9.17) is 9.47 Å². The fraction of sp³-hybridized carbons (Fsp3) is 0.222. The van der Waals surface area contributed by atoms with Gasteiger partial charge in [-0.05, 0) is 73.2 Å². The highest BCUT2D eigenvalue weighted by Gasteiger charge is 2.26. The predicted octanol–water partition coefficient (Wildman–Crippen LogP) is 4.09. The number of anilines is 1. The lowest BCUT2D eigenvalue weighted by Gasteiger charge is -2.26. The number of rotatable bonds is 7. The quantitative estimate of drug-likeness (QED) is 0.344. The van der Waals surface area contributed by atoms with Crippen molar-refractivity contribution in [1.29, 1.82) is 0 Å².